The van der Waals surface area contributed by atoms with E-state index in [0.29, 0.717) is 30.9 Å². The van der Waals surface area contributed by atoms with E-state index in [9.17, 15) is 8.42 Å². The molecular formula is C15H22N2O3S. The van der Waals surface area contributed by atoms with Crippen LogP contribution in [0.25, 0.3) is 0 Å². The molecule has 1 aliphatic rings. The number of rotatable bonds is 7. The summed E-state index contributed by atoms with van der Waals surface area (Å²) in [6.07, 6.45) is 2.37. The highest BCUT2D eigenvalue weighted by atomic mass is 32.2. The van der Waals surface area contributed by atoms with Crippen LogP contribution in [0.2, 0.25) is 0 Å². The van der Waals surface area contributed by atoms with Crippen molar-refractivity contribution < 1.29 is 13.2 Å². The van der Waals surface area contributed by atoms with Gasteiger partial charge in [0.25, 0.3) is 0 Å². The van der Waals surface area contributed by atoms with Crippen LogP contribution < -0.4 is 0 Å². The van der Waals surface area contributed by atoms with E-state index in [-0.39, 0.29) is 6.04 Å². The molecule has 1 heterocycles. The molecule has 0 amide bonds. The number of aliphatic imine (C=N–C) groups is 1. The molecule has 0 N–H and O–H groups in total. The number of benzene rings is 1. The minimum absolute atomic E-state index is 0.269. The van der Waals surface area contributed by atoms with Crippen LogP contribution in [0.15, 0.2) is 40.2 Å². The van der Waals surface area contributed by atoms with E-state index in [1.54, 1.807) is 37.4 Å². The fraction of sp³-hybridized carbons (Fsp3) is 0.533. The molecule has 0 saturated carbocycles. The summed E-state index contributed by atoms with van der Waals surface area (Å²) in [5.74, 6) is 0.757. The van der Waals surface area contributed by atoms with Gasteiger partial charge in [-0.3, -0.25) is 0 Å². The third kappa shape index (κ3) is 4.04. The number of hydrogen-bond acceptors (Lipinski definition) is 4. The number of nitrogens with zero attached hydrogens (tertiary/aromatic N) is 2. The zero-order valence-corrected chi connectivity index (χ0v) is 13.3. The molecule has 1 atom stereocenters. The first-order chi connectivity index (χ1) is 10.0. The largest absolute Gasteiger partial charge is 0.479 e. The fourth-order valence-corrected chi connectivity index (χ4v) is 3.39. The van der Waals surface area contributed by atoms with Crippen LogP contribution in [0.3, 0.4) is 0 Å². The van der Waals surface area contributed by atoms with Crippen LogP contribution in [0, 0.1) is 0 Å². The number of ether oxygens (including phenoxy) is 1. The van der Waals surface area contributed by atoms with Crippen molar-refractivity contribution in [1.29, 1.82) is 0 Å². The average Bonchev–Trinajstić information content (AvgIpc) is 2.96. The van der Waals surface area contributed by atoms with E-state index in [1.807, 2.05) is 0 Å². The molecule has 0 aliphatic carbocycles. The van der Waals surface area contributed by atoms with Crippen molar-refractivity contribution >= 4 is 15.9 Å². The highest BCUT2D eigenvalue weighted by Crippen LogP contribution is 2.15. The molecule has 6 heteroatoms. The van der Waals surface area contributed by atoms with E-state index >= 15 is 0 Å². The molecular weight excluding hydrogens is 288 g/mol. The smallest absolute Gasteiger partial charge is 0.242 e. The molecule has 0 bridgehead atoms. The van der Waals surface area contributed by atoms with Crippen LogP contribution in [0.1, 0.15) is 26.2 Å². The first kappa shape index (κ1) is 16.0. The highest BCUT2D eigenvalue weighted by Gasteiger charge is 2.21. The molecule has 0 saturated heterocycles. The van der Waals surface area contributed by atoms with Gasteiger partial charge in [0, 0.05) is 20.0 Å². The van der Waals surface area contributed by atoms with Gasteiger partial charge in [0.1, 0.15) is 6.61 Å². The van der Waals surface area contributed by atoms with Crippen molar-refractivity contribution in [1.82, 2.24) is 4.31 Å². The second kappa shape index (κ2) is 7.04. The van der Waals surface area contributed by atoms with Crippen LogP contribution in [-0.4, -0.2) is 44.9 Å². The molecule has 0 aromatic heterocycles. The zero-order valence-electron chi connectivity index (χ0n) is 12.5. The third-order valence-electron chi connectivity index (χ3n) is 3.56. The molecule has 116 valence electrons. The van der Waals surface area contributed by atoms with Gasteiger partial charge >= 0.3 is 0 Å². The van der Waals surface area contributed by atoms with Gasteiger partial charge in [0.2, 0.25) is 10.0 Å². The SMILES string of the molecule is CC[C@@H]1COC(CCCN(C)S(=O)(=O)c2ccccc2)=N1. The molecule has 0 fully saturated rings. The predicted octanol–water partition coefficient (Wildman–Crippen LogP) is 2.29. The van der Waals surface area contributed by atoms with Gasteiger partial charge in [0.05, 0.1) is 10.9 Å². The Labute approximate surface area is 126 Å². The normalized spacial score (nSPS) is 18.6. The van der Waals surface area contributed by atoms with E-state index in [1.165, 1.54) is 4.31 Å². The molecule has 0 radical (unpaired) electrons. The summed E-state index contributed by atoms with van der Waals surface area (Å²) in [5.41, 5.74) is 0. The lowest BCUT2D eigenvalue weighted by atomic mass is 10.3. The maximum absolute atomic E-state index is 12.3. The summed E-state index contributed by atoms with van der Waals surface area (Å²) in [7, 11) is -1.79. The summed E-state index contributed by atoms with van der Waals surface area (Å²) in [4.78, 5) is 4.78. The minimum atomic E-state index is -3.40. The van der Waals surface area contributed by atoms with Crippen LogP contribution in [-0.2, 0) is 14.8 Å². The van der Waals surface area contributed by atoms with E-state index in [4.69, 9.17) is 4.74 Å². The average molecular weight is 310 g/mol. The lowest BCUT2D eigenvalue weighted by molar-refractivity contribution is 0.305. The van der Waals surface area contributed by atoms with Crippen molar-refractivity contribution in [3.8, 4) is 0 Å². The Morgan fingerprint density at radius 1 is 1.33 bits per heavy atom. The molecule has 1 aliphatic heterocycles. The molecule has 0 unspecified atom stereocenters. The Hall–Kier alpha value is -1.40. The Kier molecular flexibility index (Phi) is 5.36. The van der Waals surface area contributed by atoms with E-state index in [0.717, 1.165) is 12.3 Å². The quantitative estimate of drug-likeness (QED) is 0.776. The number of sulfonamides is 1. The van der Waals surface area contributed by atoms with Crippen LogP contribution >= 0.6 is 0 Å². The van der Waals surface area contributed by atoms with Gasteiger partial charge in [-0.05, 0) is 25.0 Å². The van der Waals surface area contributed by atoms with E-state index in [2.05, 4.69) is 11.9 Å². The maximum atomic E-state index is 12.3. The second-order valence-electron chi connectivity index (χ2n) is 5.14. The Morgan fingerprint density at radius 3 is 2.67 bits per heavy atom. The van der Waals surface area contributed by atoms with Gasteiger partial charge < -0.3 is 4.74 Å². The number of hydrogen-bond donors (Lipinski definition) is 0. The van der Waals surface area contributed by atoms with Crippen molar-refractivity contribution in [2.45, 2.75) is 37.1 Å². The second-order valence-corrected chi connectivity index (χ2v) is 7.18. The summed E-state index contributed by atoms with van der Waals surface area (Å²) in [5, 5.41) is 0. The molecule has 1 aromatic carbocycles. The molecule has 21 heavy (non-hydrogen) atoms. The molecule has 2 rings (SSSR count). The predicted molar refractivity (Wildman–Crippen MR) is 83.0 cm³/mol. The van der Waals surface area contributed by atoms with Crippen molar-refractivity contribution in [2.24, 2.45) is 4.99 Å². The topological polar surface area (TPSA) is 59.0 Å². The summed E-state index contributed by atoms with van der Waals surface area (Å²) < 4.78 is 31.5. The van der Waals surface area contributed by atoms with Crippen LogP contribution in [0.4, 0.5) is 0 Å². The minimum Gasteiger partial charge on any atom is -0.479 e. The molecule has 5 nitrogen and oxygen atoms in total. The van der Waals surface area contributed by atoms with Crippen LogP contribution in [0.5, 0.6) is 0 Å². The molecule has 1 aromatic rings. The van der Waals surface area contributed by atoms with Gasteiger partial charge in [-0.25, -0.2) is 17.7 Å². The fourth-order valence-electron chi connectivity index (χ4n) is 2.16. The molecule has 0 spiro atoms. The maximum Gasteiger partial charge on any atom is 0.242 e. The standard InChI is InChI=1S/C15H22N2O3S/c1-3-13-12-20-15(16-13)10-7-11-17(2)21(18,19)14-8-5-4-6-9-14/h4-6,8-9,13H,3,7,10-12H2,1-2H3/t13-/m1/s1. The summed E-state index contributed by atoms with van der Waals surface area (Å²) >= 11 is 0. The zero-order chi connectivity index (χ0) is 15.3. The van der Waals surface area contributed by atoms with Gasteiger partial charge in [-0.15, -0.1) is 0 Å². The Bertz CT molecular complexity index is 584. The Morgan fingerprint density at radius 2 is 2.05 bits per heavy atom. The summed E-state index contributed by atoms with van der Waals surface area (Å²) in [6.45, 7) is 3.20. The first-order valence-electron chi connectivity index (χ1n) is 7.25. The van der Waals surface area contributed by atoms with Gasteiger partial charge in [-0.1, -0.05) is 25.1 Å². The lowest BCUT2D eigenvalue weighted by Gasteiger charge is -2.16. The van der Waals surface area contributed by atoms with Crippen molar-refractivity contribution in [2.75, 3.05) is 20.2 Å². The monoisotopic (exact) mass is 310 g/mol. The van der Waals surface area contributed by atoms with Crippen molar-refractivity contribution in [3.05, 3.63) is 30.3 Å². The third-order valence-corrected chi connectivity index (χ3v) is 5.43. The summed E-state index contributed by atoms with van der Waals surface area (Å²) in [6, 6.07) is 8.76. The van der Waals surface area contributed by atoms with E-state index < -0.39 is 10.0 Å². The first-order valence-corrected chi connectivity index (χ1v) is 8.69. The van der Waals surface area contributed by atoms with Crippen molar-refractivity contribution in [3.63, 3.8) is 0 Å². The van der Waals surface area contributed by atoms with Gasteiger partial charge in [0.15, 0.2) is 5.90 Å². The lowest BCUT2D eigenvalue weighted by Crippen LogP contribution is -2.28. The van der Waals surface area contributed by atoms with Gasteiger partial charge in [-0.2, -0.15) is 0 Å². The Balaban J connectivity index is 1.86. The highest BCUT2D eigenvalue weighted by molar-refractivity contribution is 7.89.